The number of rotatable bonds is 3. The maximum Gasteiger partial charge on any atom is 0.285 e. The molecule has 1 aromatic heterocycles. The Labute approximate surface area is 184 Å². The number of thiazole rings is 1. The fourth-order valence-corrected chi connectivity index (χ4v) is 6.14. The van der Waals surface area contributed by atoms with Gasteiger partial charge in [-0.1, -0.05) is 19.1 Å². The summed E-state index contributed by atoms with van der Waals surface area (Å²) in [6.45, 7) is 2.24. The summed E-state index contributed by atoms with van der Waals surface area (Å²) in [6.07, 6.45) is 3.12. The van der Waals surface area contributed by atoms with E-state index in [0.29, 0.717) is 27.9 Å². The van der Waals surface area contributed by atoms with E-state index in [-0.39, 0.29) is 16.6 Å². The van der Waals surface area contributed by atoms with Gasteiger partial charge in [-0.3, -0.25) is 10.1 Å². The largest absolute Gasteiger partial charge is 0.339 e. The van der Waals surface area contributed by atoms with E-state index in [0.717, 1.165) is 25.0 Å². The first kappa shape index (κ1) is 19.9. The highest BCUT2D eigenvalue weighted by Gasteiger charge is 2.28. The predicted octanol–water partition coefficient (Wildman–Crippen LogP) is 4.08. The third-order valence-corrected chi connectivity index (χ3v) is 7.82. The van der Waals surface area contributed by atoms with Crippen molar-refractivity contribution in [3.63, 3.8) is 0 Å². The van der Waals surface area contributed by atoms with Gasteiger partial charge in [0.05, 0.1) is 5.69 Å². The fourth-order valence-electron chi connectivity index (χ4n) is 3.80. The molecule has 7 nitrogen and oxygen atoms in total. The standard InChI is InChI=1S/C22H20N4O3S2/c1-13-6-11-17-18(12-13)30-22(24-17)25-21(27)14-7-9-15(10-8-14)23-20-16-4-2-3-5-19(16)31(28,29)26-20/h2-5,7-10,13H,6,11-12H2,1H3,(H,23,26)(H,24,25,27). The van der Waals surface area contributed by atoms with Gasteiger partial charge in [-0.25, -0.2) is 4.98 Å². The van der Waals surface area contributed by atoms with Crippen molar-refractivity contribution in [3.8, 4) is 0 Å². The van der Waals surface area contributed by atoms with E-state index >= 15 is 0 Å². The van der Waals surface area contributed by atoms with Crippen LogP contribution in [0.2, 0.25) is 0 Å². The molecule has 0 fully saturated rings. The van der Waals surface area contributed by atoms with E-state index in [1.165, 1.54) is 10.9 Å². The van der Waals surface area contributed by atoms with E-state index in [2.05, 4.69) is 26.9 Å². The number of anilines is 2. The summed E-state index contributed by atoms with van der Waals surface area (Å²) < 4.78 is 28.2. The Morgan fingerprint density at radius 3 is 2.71 bits per heavy atom. The van der Waals surface area contributed by atoms with Gasteiger partial charge in [-0.05, 0) is 61.6 Å². The summed E-state index contributed by atoms with van der Waals surface area (Å²) in [5, 5.41) is 6.56. The monoisotopic (exact) mass is 452 g/mol. The second kappa shape index (κ2) is 7.58. The number of carbonyl (C=O) groups is 1. The minimum atomic E-state index is -3.68. The van der Waals surface area contributed by atoms with Crippen LogP contribution in [0.4, 0.5) is 10.8 Å². The van der Waals surface area contributed by atoms with E-state index < -0.39 is 10.0 Å². The van der Waals surface area contributed by atoms with E-state index in [1.54, 1.807) is 53.8 Å². The molecule has 0 bridgehead atoms. The third-order valence-electron chi connectivity index (χ3n) is 5.45. The van der Waals surface area contributed by atoms with E-state index in [4.69, 9.17) is 0 Å². The number of carbonyl (C=O) groups excluding carboxylic acids is 1. The number of nitrogens with one attached hydrogen (secondary N) is 2. The lowest BCUT2D eigenvalue weighted by Gasteiger charge is -2.15. The molecule has 0 saturated heterocycles. The number of amidine groups is 1. The molecule has 0 spiro atoms. The molecule has 0 saturated carbocycles. The normalized spacial score (nSPS) is 18.6. The SMILES string of the molecule is CC1CCc2nc(NC(=O)c3ccc(NC4=NS(=O)(=O)c5ccccc54)cc3)sc2C1. The lowest BCUT2D eigenvalue weighted by molar-refractivity contribution is 0.102. The minimum absolute atomic E-state index is 0.189. The Morgan fingerprint density at radius 2 is 1.90 bits per heavy atom. The van der Waals surface area contributed by atoms with Crippen LogP contribution in [-0.2, 0) is 22.9 Å². The van der Waals surface area contributed by atoms with Crippen molar-refractivity contribution >= 4 is 43.9 Å². The summed E-state index contributed by atoms with van der Waals surface area (Å²) >= 11 is 1.55. The summed E-state index contributed by atoms with van der Waals surface area (Å²) in [4.78, 5) is 18.7. The highest BCUT2D eigenvalue weighted by atomic mass is 32.2. The number of aromatic nitrogens is 1. The summed E-state index contributed by atoms with van der Waals surface area (Å²) in [5.41, 5.74) is 2.77. The molecule has 158 valence electrons. The van der Waals surface area contributed by atoms with Crippen molar-refractivity contribution in [1.29, 1.82) is 0 Å². The first-order valence-electron chi connectivity index (χ1n) is 10.0. The average molecular weight is 453 g/mol. The van der Waals surface area contributed by atoms with Crippen LogP contribution in [-0.4, -0.2) is 25.1 Å². The highest BCUT2D eigenvalue weighted by Crippen LogP contribution is 2.32. The summed E-state index contributed by atoms with van der Waals surface area (Å²) in [5.74, 6) is 0.704. The Kier molecular flexibility index (Phi) is 4.86. The Hall–Kier alpha value is -3.04. The molecule has 2 aliphatic rings. The van der Waals surface area contributed by atoms with Crippen LogP contribution in [0.3, 0.4) is 0 Å². The van der Waals surface area contributed by atoms with Crippen LogP contribution in [0, 0.1) is 5.92 Å². The van der Waals surface area contributed by atoms with Crippen molar-refractivity contribution in [2.45, 2.75) is 31.1 Å². The van der Waals surface area contributed by atoms with Crippen LogP contribution < -0.4 is 10.6 Å². The fraction of sp³-hybridized carbons (Fsp3) is 0.227. The lowest BCUT2D eigenvalue weighted by atomic mass is 9.93. The molecule has 1 aliphatic carbocycles. The van der Waals surface area contributed by atoms with Crippen LogP contribution in [0.1, 0.15) is 39.8 Å². The maximum atomic E-state index is 12.6. The topological polar surface area (TPSA) is 101 Å². The van der Waals surface area contributed by atoms with Crippen molar-refractivity contribution in [2.75, 3.05) is 10.6 Å². The zero-order valence-electron chi connectivity index (χ0n) is 16.8. The first-order chi connectivity index (χ1) is 14.9. The molecule has 31 heavy (non-hydrogen) atoms. The van der Waals surface area contributed by atoms with Crippen molar-refractivity contribution in [1.82, 2.24) is 4.98 Å². The number of benzene rings is 2. The van der Waals surface area contributed by atoms with Gasteiger partial charge in [-0.2, -0.15) is 8.42 Å². The molecule has 1 atom stereocenters. The van der Waals surface area contributed by atoms with Gasteiger partial charge in [-0.15, -0.1) is 15.7 Å². The van der Waals surface area contributed by atoms with Gasteiger partial charge < -0.3 is 5.32 Å². The molecule has 5 rings (SSSR count). The number of hydrogen-bond donors (Lipinski definition) is 2. The third kappa shape index (κ3) is 3.86. The molecule has 3 aromatic rings. The molecule has 0 radical (unpaired) electrons. The van der Waals surface area contributed by atoms with Crippen molar-refractivity contribution < 1.29 is 13.2 Å². The van der Waals surface area contributed by atoms with E-state index in [9.17, 15) is 13.2 Å². The molecule has 2 N–H and O–H groups in total. The molecule has 1 amide bonds. The molecular weight excluding hydrogens is 432 g/mol. The smallest absolute Gasteiger partial charge is 0.285 e. The molecular formula is C22H20N4O3S2. The second-order valence-corrected chi connectivity index (χ2v) is 10.5. The van der Waals surface area contributed by atoms with Crippen molar-refractivity contribution in [2.24, 2.45) is 10.3 Å². The van der Waals surface area contributed by atoms with Crippen LogP contribution in [0.25, 0.3) is 0 Å². The maximum absolute atomic E-state index is 12.6. The molecule has 1 aliphatic heterocycles. The zero-order chi connectivity index (χ0) is 21.6. The second-order valence-electron chi connectivity index (χ2n) is 7.80. The highest BCUT2D eigenvalue weighted by molar-refractivity contribution is 7.90. The Balaban J connectivity index is 1.29. The zero-order valence-corrected chi connectivity index (χ0v) is 18.4. The van der Waals surface area contributed by atoms with Gasteiger partial charge in [0.15, 0.2) is 11.0 Å². The van der Waals surface area contributed by atoms with Crippen LogP contribution in [0.15, 0.2) is 57.8 Å². The number of aryl methyl sites for hydroxylation is 1. The molecule has 1 unspecified atom stereocenters. The first-order valence-corrected chi connectivity index (χ1v) is 12.3. The molecule has 9 heteroatoms. The number of nitrogens with zero attached hydrogens (tertiary/aromatic N) is 2. The Bertz CT molecular complexity index is 1310. The van der Waals surface area contributed by atoms with Gasteiger partial charge in [0.2, 0.25) is 0 Å². The van der Waals surface area contributed by atoms with Gasteiger partial charge in [0, 0.05) is 21.7 Å². The summed E-state index contributed by atoms with van der Waals surface area (Å²) in [7, 11) is -3.68. The lowest BCUT2D eigenvalue weighted by Crippen LogP contribution is -2.13. The average Bonchev–Trinajstić information content (AvgIpc) is 3.25. The minimum Gasteiger partial charge on any atom is -0.339 e. The number of amides is 1. The number of fused-ring (bicyclic) bond motifs is 2. The number of sulfonamides is 1. The molecule has 2 heterocycles. The van der Waals surface area contributed by atoms with Gasteiger partial charge in [0.1, 0.15) is 4.90 Å². The molecule has 2 aromatic carbocycles. The van der Waals surface area contributed by atoms with Crippen LogP contribution in [0.5, 0.6) is 0 Å². The number of hydrogen-bond acceptors (Lipinski definition) is 6. The van der Waals surface area contributed by atoms with Gasteiger partial charge in [0.25, 0.3) is 15.9 Å². The quantitative estimate of drug-likeness (QED) is 0.624. The Morgan fingerprint density at radius 1 is 1.13 bits per heavy atom. The van der Waals surface area contributed by atoms with E-state index in [1.807, 2.05) is 0 Å². The van der Waals surface area contributed by atoms with Crippen LogP contribution >= 0.6 is 11.3 Å². The summed E-state index contributed by atoms with van der Waals surface area (Å²) in [6, 6.07) is 13.5. The van der Waals surface area contributed by atoms with Crippen molar-refractivity contribution in [3.05, 3.63) is 70.2 Å². The van der Waals surface area contributed by atoms with Gasteiger partial charge >= 0.3 is 0 Å². The predicted molar refractivity (Wildman–Crippen MR) is 121 cm³/mol.